The maximum atomic E-state index is 11.6. The van der Waals surface area contributed by atoms with Crippen molar-refractivity contribution in [3.63, 3.8) is 0 Å². The van der Waals surface area contributed by atoms with Crippen LogP contribution in [0.2, 0.25) is 0 Å². The summed E-state index contributed by atoms with van der Waals surface area (Å²) >= 11 is 0. The lowest BCUT2D eigenvalue weighted by atomic mass is 9.82. The molecular weight excluding hydrogens is 160 g/mol. The Morgan fingerprint density at radius 2 is 2.08 bits per heavy atom. The highest BCUT2D eigenvalue weighted by Gasteiger charge is 2.28. The van der Waals surface area contributed by atoms with E-state index in [-0.39, 0.29) is 11.7 Å². The second-order valence-electron chi connectivity index (χ2n) is 3.86. The SMILES string of the molecule is C[C@@H]1[C@@H]2C=CC=C[C@H]1CC=CC2=O. The van der Waals surface area contributed by atoms with Gasteiger partial charge in [-0.05, 0) is 24.3 Å². The molecule has 0 heterocycles. The van der Waals surface area contributed by atoms with E-state index in [2.05, 4.69) is 19.1 Å². The molecule has 2 aliphatic carbocycles. The average Bonchev–Trinajstić information content (AvgIpc) is 2.36. The Labute approximate surface area is 78.8 Å². The Morgan fingerprint density at radius 3 is 2.92 bits per heavy atom. The van der Waals surface area contributed by atoms with Crippen molar-refractivity contribution in [3.8, 4) is 0 Å². The Balaban J connectivity index is 2.37. The molecule has 0 aromatic heterocycles. The van der Waals surface area contributed by atoms with Crippen LogP contribution in [0, 0.1) is 17.8 Å². The highest BCUT2D eigenvalue weighted by Crippen LogP contribution is 2.31. The second kappa shape index (κ2) is 3.33. The van der Waals surface area contributed by atoms with Crippen molar-refractivity contribution in [3.05, 3.63) is 36.5 Å². The van der Waals surface area contributed by atoms with Gasteiger partial charge in [0.1, 0.15) is 0 Å². The molecule has 0 unspecified atom stereocenters. The summed E-state index contributed by atoms with van der Waals surface area (Å²) in [5.74, 6) is 1.33. The largest absolute Gasteiger partial charge is 0.294 e. The van der Waals surface area contributed by atoms with Crippen molar-refractivity contribution in [2.24, 2.45) is 17.8 Å². The van der Waals surface area contributed by atoms with Crippen molar-refractivity contribution in [2.45, 2.75) is 13.3 Å². The van der Waals surface area contributed by atoms with Gasteiger partial charge in [-0.15, -0.1) is 0 Å². The summed E-state index contributed by atoms with van der Waals surface area (Å²) in [4.78, 5) is 11.6. The summed E-state index contributed by atoms with van der Waals surface area (Å²) in [6.07, 6.45) is 13.0. The van der Waals surface area contributed by atoms with Gasteiger partial charge in [-0.25, -0.2) is 0 Å². The van der Waals surface area contributed by atoms with E-state index in [0.29, 0.717) is 11.8 Å². The predicted octanol–water partition coefficient (Wildman–Crippen LogP) is 2.51. The summed E-state index contributed by atoms with van der Waals surface area (Å²) in [6.45, 7) is 2.17. The van der Waals surface area contributed by atoms with E-state index in [1.165, 1.54) is 0 Å². The number of carbonyl (C=O) groups excluding carboxylic acids is 1. The molecule has 0 aromatic rings. The van der Waals surface area contributed by atoms with Gasteiger partial charge in [0.2, 0.25) is 0 Å². The summed E-state index contributed by atoms with van der Waals surface area (Å²) in [7, 11) is 0. The minimum Gasteiger partial charge on any atom is -0.294 e. The molecule has 1 nitrogen and oxygen atoms in total. The van der Waals surface area contributed by atoms with Gasteiger partial charge in [0.25, 0.3) is 0 Å². The fraction of sp³-hybridized carbons (Fsp3) is 0.417. The van der Waals surface area contributed by atoms with Crippen LogP contribution in [0.3, 0.4) is 0 Å². The first-order chi connectivity index (χ1) is 6.29. The van der Waals surface area contributed by atoms with Crippen LogP contribution in [-0.4, -0.2) is 5.78 Å². The molecule has 2 aliphatic rings. The number of allylic oxidation sites excluding steroid dienone is 6. The molecule has 2 rings (SSSR count). The van der Waals surface area contributed by atoms with Crippen LogP contribution >= 0.6 is 0 Å². The third-order valence-electron chi connectivity index (χ3n) is 3.05. The fourth-order valence-electron chi connectivity index (χ4n) is 2.11. The topological polar surface area (TPSA) is 17.1 Å². The van der Waals surface area contributed by atoms with Crippen LogP contribution in [0.4, 0.5) is 0 Å². The van der Waals surface area contributed by atoms with Gasteiger partial charge in [0.15, 0.2) is 5.78 Å². The van der Waals surface area contributed by atoms with Crippen LogP contribution in [-0.2, 0) is 4.79 Å². The van der Waals surface area contributed by atoms with Gasteiger partial charge in [-0.1, -0.05) is 37.3 Å². The number of hydrogen-bond donors (Lipinski definition) is 0. The molecule has 13 heavy (non-hydrogen) atoms. The van der Waals surface area contributed by atoms with E-state index in [9.17, 15) is 4.79 Å². The fourth-order valence-corrected chi connectivity index (χ4v) is 2.11. The van der Waals surface area contributed by atoms with E-state index in [4.69, 9.17) is 0 Å². The van der Waals surface area contributed by atoms with Gasteiger partial charge in [0.05, 0.1) is 0 Å². The number of fused-ring (bicyclic) bond motifs is 2. The van der Waals surface area contributed by atoms with E-state index in [1.807, 2.05) is 18.2 Å². The monoisotopic (exact) mass is 174 g/mol. The Hall–Kier alpha value is -1.11. The number of carbonyl (C=O) groups is 1. The zero-order valence-electron chi connectivity index (χ0n) is 7.81. The molecule has 1 heteroatoms. The molecular formula is C12H14O. The van der Waals surface area contributed by atoms with Gasteiger partial charge < -0.3 is 0 Å². The predicted molar refractivity (Wildman–Crippen MR) is 53.2 cm³/mol. The lowest BCUT2D eigenvalue weighted by molar-refractivity contribution is -0.118. The summed E-state index contributed by atoms with van der Waals surface area (Å²) in [5, 5.41) is 0. The lowest BCUT2D eigenvalue weighted by Crippen LogP contribution is -2.21. The first-order valence-corrected chi connectivity index (χ1v) is 4.84. The van der Waals surface area contributed by atoms with Gasteiger partial charge in [0, 0.05) is 5.92 Å². The molecule has 2 bridgehead atoms. The van der Waals surface area contributed by atoms with Crippen LogP contribution < -0.4 is 0 Å². The first kappa shape index (κ1) is 8.49. The van der Waals surface area contributed by atoms with Crippen molar-refractivity contribution in [1.82, 2.24) is 0 Å². The van der Waals surface area contributed by atoms with E-state index in [1.54, 1.807) is 6.08 Å². The molecule has 0 aliphatic heterocycles. The maximum Gasteiger partial charge on any atom is 0.162 e. The molecule has 3 atom stereocenters. The van der Waals surface area contributed by atoms with E-state index < -0.39 is 0 Å². The van der Waals surface area contributed by atoms with Gasteiger partial charge in [-0.2, -0.15) is 0 Å². The Morgan fingerprint density at radius 1 is 1.31 bits per heavy atom. The van der Waals surface area contributed by atoms with Gasteiger partial charge >= 0.3 is 0 Å². The lowest BCUT2D eigenvalue weighted by Gasteiger charge is -2.21. The standard InChI is InChI=1S/C12H14O/c1-9-10-5-2-3-7-11(9)12(13)8-4-6-10/h2-5,7-11H,6H2,1H3/t9-,10-,11-/m0/s1. The smallest absolute Gasteiger partial charge is 0.162 e. The zero-order chi connectivity index (χ0) is 9.26. The maximum absolute atomic E-state index is 11.6. The normalized spacial score (nSPS) is 37.3. The first-order valence-electron chi connectivity index (χ1n) is 4.84. The van der Waals surface area contributed by atoms with Crippen molar-refractivity contribution >= 4 is 5.78 Å². The van der Waals surface area contributed by atoms with Crippen molar-refractivity contribution < 1.29 is 4.79 Å². The quantitative estimate of drug-likeness (QED) is 0.551. The summed E-state index contributed by atoms with van der Waals surface area (Å²) in [6, 6.07) is 0. The molecule has 0 aromatic carbocycles. The van der Waals surface area contributed by atoms with Crippen molar-refractivity contribution in [1.29, 1.82) is 0 Å². The molecule has 0 fully saturated rings. The number of ketones is 1. The Bertz CT molecular complexity index is 296. The third kappa shape index (κ3) is 1.51. The van der Waals surface area contributed by atoms with E-state index in [0.717, 1.165) is 6.42 Å². The summed E-state index contributed by atoms with van der Waals surface area (Å²) < 4.78 is 0. The third-order valence-corrected chi connectivity index (χ3v) is 3.05. The Kier molecular flexibility index (Phi) is 2.17. The molecule has 0 radical (unpaired) electrons. The second-order valence-corrected chi connectivity index (χ2v) is 3.86. The zero-order valence-corrected chi connectivity index (χ0v) is 7.81. The molecule has 68 valence electrons. The molecule has 0 saturated carbocycles. The van der Waals surface area contributed by atoms with Gasteiger partial charge in [-0.3, -0.25) is 4.79 Å². The number of rotatable bonds is 0. The van der Waals surface area contributed by atoms with Crippen LogP contribution in [0.1, 0.15) is 13.3 Å². The minimum absolute atomic E-state index is 0.0961. The van der Waals surface area contributed by atoms with Crippen LogP contribution in [0.15, 0.2) is 36.5 Å². The molecule has 0 N–H and O–H groups in total. The van der Waals surface area contributed by atoms with E-state index >= 15 is 0 Å². The highest BCUT2D eigenvalue weighted by atomic mass is 16.1. The average molecular weight is 174 g/mol. The number of hydrogen-bond acceptors (Lipinski definition) is 1. The minimum atomic E-state index is 0.0961. The highest BCUT2D eigenvalue weighted by molar-refractivity contribution is 5.93. The van der Waals surface area contributed by atoms with Crippen LogP contribution in [0.5, 0.6) is 0 Å². The summed E-state index contributed by atoms with van der Waals surface area (Å²) in [5.41, 5.74) is 0. The van der Waals surface area contributed by atoms with Crippen molar-refractivity contribution in [2.75, 3.05) is 0 Å². The van der Waals surface area contributed by atoms with Crippen LogP contribution in [0.25, 0.3) is 0 Å². The molecule has 0 saturated heterocycles. The molecule has 0 spiro atoms. The molecule has 0 amide bonds.